The van der Waals surface area contributed by atoms with Crippen molar-refractivity contribution in [3.8, 4) is 0 Å². The average molecular weight is 408 g/mol. The Balaban J connectivity index is 1.22. The van der Waals surface area contributed by atoms with Crippen LogP contribution in [-0.4, -0.2) is 37.6 Å². The number of halogens is 1. The molecule has 6 heteroatoms. The van der Waals surface area contributed by atoms with Crippen LogP contribution in [0, 0.1) is 23.2 Å². The quantitative estimate of drug-likeness (QED) is 0.759. The largest absolute Gasteiger partial charge is 0.340 e. The molecule has 27 heavy (non-hydrogen) atoms. The van der Waals surface area contributed by atoms with Crippen LogP contribution in [-0.2, 0) is 14.6 Å². The summed E-state index contributed by atoms with van der Waals surface area (Å²) in [6.45, 7) is 0.659. The summed E-state index contributed by atoms with van der Waals surface area (Å²) in [7, 11) is -3.39. The van der Waals surface area contributed by atoms with Crippen LogP contribution in [0.1, 0.15) is 44.9 Å². The van der Waals surface area contributed by atoms with Gasteiger partial charge in [0, 0.05) is 24.5 Å². The van der Waals surface area contributed by atoms with E-state index in [1.54, 1.807) is 29.2 Å². The van der Waals surface area contributed by atoms with Crippen molar-refractivity contribution < 1.29 is 13.2 Å². The van der Waals surface area contributed by atoms with E-state index in [1.165, 1.54) is 38.5 Å². The number of carbonyl (C=O) groups is 1. The molecule has 1 aliphatic heterocycles. The lowest BCUT2D eigenvalue weighted by Crippen LogP contribution is -2.58. The molecule has 4 aliphatic carbocycles. The predicted octanol–water partition coefficient (Wildman–Crippen LogP) is 3.93. The van der Waals surface area contributed by atoms with Gasteiger partial charge in [0.25, 0.3) is 0 Å². The summed E-state index contributed by atoms with van der Waals surface area (Å²) in [6, 6.07) is 6.31. The van der Waals surface area contributed by atoms with Crippen molar-refractivity contribution in [2.24, 2.45) is 23.2 Å². The van der Waals surface area contributed by atoms with Gasteiger partial charge in [-0.1, -0.05) is 11.6 Å². The first-order valence-electron chi connectivity index (χ1n) is 10.1. The van der Waals surface area contributed by atoms with Crippen LogP contribution in [0.3, 0.4) is 0 Å². The molecular formula is C21H26ClNO3S. The second kappa shape index (κ2) is 6.21. The van der Waals surface area contributed by atoms with Crippen LogP contribution in [0.4, 0.5) is 0 Å². The third-order valence-corrected chi connectivity index (χ3v) is 9.83. The number of benzene rings is 1. The van der Waals surface area contributed by atoms with E-state index in [4.69, 9.17) is 11.6 Å². The first-order valence-corrected chi connectivity index (χ1v) is 12.0. The van der Waals surface area contributed by atoms with E-state index < -0.39 is 15.1 Å². The minimum absolute atomic E-state index is 0.166. The van der Waals surface area contributed by atoms with Crippen LogP contribution in [0.15, 0.2) is 29.2 Å². The molecule has 0 spiro atoms. The normalized spacial score (nSPS) is 35.3. The Bertz CT molecular complexity index is 823. The summed E-state index contributed by atoms with van der Waals surface area (Å²) >= 11 is 5.85. The van der Waals surface area contributed by atoms with Gasteiger partial charge in [-0.2, -0.15) is 0 Å². The van der Waals surface area contributed by atoms with Gasteiger partial charge in [0.05, 0.1) is 4.90 Å². The molecule has 0 atom stereocenters. The topological polar surface area (TPSA) is 54.5 Å². The first kappa shape index (κ1) is 18.0. The number of rotatable bonds is 4. The molecule has 0 N–H and O–H groups in total. The van der Waals surface area contributed by atoms with Crippen molar-refractivity contribution >= 4 is 27.3 Å². The Labute approximate surface area is 166 Å². The molecule has 1 heterocycles. The van der Waals surface area contributed by atoms with Gasteiger partial charge in [-0.15, -0.1) is 0 Å². The fourth-order valence-corrected chi connectivity index (χ4v) is 8.37. The minimum Gasteiger partial charge on any atom is -0.340 e. The van der Waals surface area contributed by atoms with Gasteiger partial charge >= 0.3 is 0 Å². The molecule has 1 saturated heterocycles. The van der Waals surface area contributed by atoms with Crippen LogP contribution in [0.5, 0.6) is 0 Å². The van der Waals surface area contributed by atoms with Gasteiger partial charge in [0.15, 0.2) is 9.84 Å². The minimum atomic E-state index is -3.39. The second-order valence-electron chi connectivity index (χ2n) is 9.51. The van der Waals surface area contributed by atoms with Crippen LogP contribution < -0.4 is 0 Å². The van der Waals surface area contributed by atoms with Crippen molar-refractivity contribution in [3.63, 3.8) is 0 Å². The van der Waals surface area contributed by atoms with E-state index in [0.29, 0.717) is 29.4 Å². The Hall–Kier alpha value is -1.07. The number of amides is 1. The maximum atomic E-state index is 12.9. The Kier molecular flexibility index (Phi) is 4.14. The standard InChI is InChI=1S/C21H26ClNO3S/c22-17-1-3-18(4-2-17)27(25,26)19-12-23(13-19)20(24)11-21-8-14-5-15(9-21)7-16(6-14)10-21/h1-4,14-16,19H,5-13H2. The number of carbonyl (C=O) groups excluding carboxylic acids is 1. The Morgan fingerprint density at radius 2 is 1.52 bits per heavy atom. The molecule has 1 amide bonds. The summed E-state index contributed by atoms with van der Waals surface area (Å²) in [5.41, 5.74) is 0.214. The molecule has 5 fully saturated rings. The molecule has 4 nitrogen and oxygen atoms in total. The highest BCUT2D eigenvalue weighted by Gasteiger charge is 2.52. The Morgan fingerprint density at radius 1 is 1.00 bits per heavy atom. The fraction of sp³-hybridized carbons (Fsp3) is 0.667. The van der Waals surface area contributed by atoms with Crippen molar-refractivity contribution in [2.45, 2.75) is 55.1 Å². The molecule has 0 radical (unpaired) electrons. The predicted molar refractivity (Wildman–Crippen MR) is 104 cm³/mol. The van der Waals surface area contributed by atoms with Crippen molar-refractivity contribution in [1.29, 1.82) is 0 Å². The summed E-state index contributed by atoms with van der Waals surface area (Å²) in [5, 5.41) is 0.0360. The van der Waals surface area contributed by atoms with E-state index in [9.17, 15) is 13.2 Å². The molecule has 1 aromatic carbocycles. The fourth-order valence-electron chi connectivity index (χ4n) is 6.59. The molecule has 6 rings (SSSR count). The van der Waals surface area contributed by atoms with Crippen LogP contribution in [0.25, 0.3) is 0 Å². The summed E-state index contributed by atoms with van der Waals surface area (Å²) in [5.74, 6) is 2.66. The SMILES string of the molecule is O=C(CC12CC3CC(CC(C3)C1)C2)N1CC(S(=O)(=O)c2ccc(Cl)cc2)C1. The lowest BCUT2D eigenvalue weighted by atomic mass is 9.49. The number of hydrogen-bond acceptors (Lipinski definition) is 3. The van der Waals surface area contributed by atoms with Gasteiger partial charge in [0.2, 0.25) is 5.91 Å². The summed E-state index contributed by atoms with van der Waals surface area (Å²) < 4.78 is 25.4. The third kappa shape index (κ3) is 3.11. The van der Waals surface area contributed by atoms with Gasteiger partial charge in [-0.3, -0.25) is 4.79 Å². The molecule has 1 aromatic rings. The zero-order valence-corrected chi connectivity index (χ0v) is 17.0. The highest BCUT2D eigenvalue weighted by molar-refractivity contribution is 7.92. The number of hydrogen-bond donors (Lipinski definition) is 0. The van der Waals surface area contributed by atoms with Gasteiger partial charge in [0.1, 0.15) is 5.25 Å². The lowest BCUT2D eigenvalue weighted by molar-refractivity contribution is -0.142. The molecule has 146 valence electrons. The number of likely N-dealkylation sites (tertiary alicyclic amines) is 1. The zero-order chi connectivity index (χ0) is 18.8. The summed E-state index contributed by atoms with van der Waals surface area (Å²) in [6.07, 6.45) is 8.39. The van der Waals surface area contributed by atoms with Crippen molar-refractivity contribution in [1.82, 2.24) is 4.90 Å². The molecule has 4 saturated carbocycles. The number of nitrogens with zero attached hydrogens (tertiary/aromatic N) is 1. The molecular weight excluding hydrogens is 382 g/mol. The lowest BCUT2D eigenvalue weighted by Gasteiger charge is -2.57. The van der Waals surface area contributed by atoms with Crippen LogP contribution in [0.2, 0.25) is 5.02 Å². The van der Waals surface area contributed by atoms with Gasteiger partial charge in [-0.05, 0) is 86.0 Å². The van der Waals surface area contributed by atoms with Gasteiger partial charge < -0.3 is 4.90 Å². The van der Waals surface area contributed by atoms with Crippen molar-refractivity contribution in [2.75, 3.05) is 13.1 Å². The first-order chi connectivity index (χ1) is 12.8. The zero-order valence-electron chi connectivity index (χ0n) is 15.4. The van der Waals surface area contributed by atoms with Gasteiger partial charge in [-0.25, -0.2) is 8.42 Å². The molecule has 4 bridgehead atoms. The van der Waals surface area contributed by atoms with Crippen LogP contribution >= 0.6 is 11.6 Å². The maximum absolute atomic E-state index is 12.9. The summed E-state index contributed by atoms with van der Waals surface area (Å²) in [4.78, 5) is 14.9. The maximum Gasteiger partial charge on any atom is 0.223 e. The van der Waals surface area contributed by atoms with E-state index in [-0.39, 0.29) is 11.3 Å². The molecule has 0 aromatic heterocycles. The third-order valence-electron chi connectivity index (χ3n) is 7.47. The average Bonchev–Trinajstić information content (AvgIpc) is 2.51. The van der Waals surface area contributed by atoms with E-state index in [0.717, 1.165) is 17.8 Å². The second-order valence-corrected chi connectivity index (χ2v) is 12.2. The number of sulfone groups is 1. The van der Waals surface area contributed by atoms with E-state index in [1.807, 2.05) is 0 Å². The Morgan fingerprint density at radius 3 is 2.04 bits per heavy atom. The highest BCUT2D eigenvalue weighted by Crippen LogP contribution is 2.61. The molecule has 0 unspecified atom stereocenters. The highest BCUT2D eigenvalue weighted by atomic mass is 35.5. The van der Waals surface area contributed by atoms with E-state index in [2.05, 4.69) is 0 Å². The molecule has 5 aliphatic rings. The smallest absolute Gasteiger partial charge is 0.223 e. The van der Waals surface area contributed by atoms with Crippen molar-refractivity contribution in [3.05, 3.63) is 29.3 Å². The van der Waals surface area contributed by atoms with E-state index >= 15 is 0 Å². The monoisotopic (exact) mass is 407 g/mol.